The van der Waals surface area contributed by atoms with Crippen LogP contribution in [0.4, 0.5) is 5.69 Å². The number of amides is 2. The molecule has 1 saturated heterocycles. The van der Waals surface area contributed by atoms with E-state index in [1.807, 2.05) is 38.1 Å². The summed E-state index contributed by atoms with van der Waals surface area (Å²) in [5, 5.41) is 2.91. The van der Waals surface area contributed by atoms with E-state index in [9.17, 15) is 9.59 Å². The van der Waals surface area contributed by atoms with E-state index in [1.165, 1.54) is 0 Å². The third kappa shape index (κ3) is 3.11. The number of hydrogen-bond donors (Lipinski definition) is 1. The van der Waals surface area contributed by atoms with Gasteiger partial charge < -0.3 is 15.0 Å². The number of fused-ring (bicyclic) bond motifs is 1. The van der Waals surface area contributed by atoms with E-state index < -0.39 is 5.41 Å². The standard InChI is InChI=1S/C18H24N2O3/c1-18(2)14-7-3-4-8-15(14)20(17(18)22)10-9-16(21)19-12-13-6-5-11-23-13/h3-4,7-8,13H,5-6,9-12H2,1-2H3,(H,19,21)/t13-/m1/s1. The lowest BCUT2D eigenvalue weighted by atomic mass is 9.86. The van der Waals surface area contributed by atoms with Gasteiger partial charge in [-0.1, -0.05) is 18.2 Å². The normalized spacial score (nSPS) is 22.3. The molecule has 2 aliphatic heterocycles. The van der Waals surface area contributed by atoms with E-state index in [2.05, 4.69) is 5.32 Å². The van der Waals surface area contributed by atoms with E-state index in [0.717, 1.165) is 30.7 Å². The van der Waals surface area contributed by atoms with Crippen LogP contribution >= 0.6 is 0 Å². The van der Waals surface area contributed by atoms with E-state index >= 15 is 0 Å². The van der Waals surface area contributed by atoms with Crippen LogP contribution in [0.2, 0.25) is 0 Å². The zero-order chi connectivity index (χ0) is 16.4. The molecule has 5 nitrogen and oxygen atoms in total. The van der Waals surface area contributed by atoms with Gasteiger partial charge in [0.05, 0.1) is 11.5 Å². The monoisotopic (exact) mass is 316 g/mol. The Morgan fingerprint density at radius 1 is 1.39 bits per heavy atom. The van der Waals surface area contributed by atoms with Crippen LogP contribution in [0.3, 0.4) is 0 Å². The summed E-state index contributed by atoms with van der Waals surface area (Å²) in [5.74, 6) is 0.0288. The minimum atomic E-state index is -0.523. The summed E-state index contributed by atoms with van der Waals surface area (Å²) in [6.45, 7) is 5.64. The zero-order valence-corrected chi connectivity index (χ0v) is 13.8. The van der Waals surface area contributed by atoms with Crippen LogP contribution in [0.1, 0.15) is 38.7 Å². The van der Waals surface area contributed by atoms with E-state index in [-0.39, 0.29) is 17.9 Å². The molecular formula is C18H24N2O3. The Morgan fingerprint density at radius 3 is 2.91 bits per heavy atom. The van der Waals surface area contributed by atoms with E-state index in [4.69, 9.17) is 4.74 Å². The van der Waals surface area contributed by atoms with Crippen molar-refractivity contribution < 1.29 is 14.3 Å². The maximum absolute atomic E-state index is 12.6. The Labute approximate surface area is 137 Å². The fourth-order valence-corrected chi connectivity index (χ4v) is 3.36. The first kappa shape index (κ1) is 16.0. The fourth-order valence-electron chi connectivity index (χ4n) is 3.36. The lowest BCUT2D eigenvalue weighted by Crippen LogP contribution is -2.39. The Balaban J connectivity index is 1.57. The maximum atomic E-state index is 12.6. The Morgan fingerprint density at radius 2 is 2.17 bits per heavy atom. The van der Waals surface area contributed by atoms with Crippen LogP contribution < -0.4 is 10.2 Å². The van der Waals surface area contributed by atoms with Crippen LogP contribution in [-0.4, -0.2) is 37.6 Å². The van der Waals surface area contributed by atoms with E-state index in [0.29, 0.717) is 19.5 Å². The fraction of sp³-hybridized carbons (Fsp3) is 0.556. The SMILES string of the molecule is CC1(C)C(=O)N(CCC(=O)NC[C@H]2CCCO2)c2ccccc21. The first-order valence-electron chi connectivity index (χ1n) is 8.30. The second kappa shape index (κ2) is 6.32. The number of para-hydroxylation sites is 1. The highest BCUT2D eigenvalue weighted by Gasteiger charge is 2.43. The van der Waals surface area contributed by atoms with Gasteiger partial charge in [-0.15, -0.1) is 0 Å². The summed E-state index contributed by atoms with van der Waals surface area (Å²) in [6.07, 6.45) is 2.52. The number of rotatable bonds is 5. The number of nitrogens with one attached hydrogen (secondary N) is 1. The average molecular weight is 316 g/mol. The second-order valence-corrected chi connectivity index (χ2v) is 6.79. The van der Waals surface area contributed by atoms with Gasteiger partial charge in [0.1, 0.15) is 0 Å². The third-order valence-corrected chi connectivity index (χ3v) is 4.76. The number of anilines is 1. The lowest BCUT2D eigenvalue weighted by molar-refractivity contribution is -0.122. The first-order chi connectivity index (χ1) is 11.0. The predicted octanol–water partition coefficient (Wildman–Crippen LogP) is 2.00. The third-order valence-electron chi connectivity index (χ3n) is 4.76. The minimum absolute atomic E-state index is 0.0320. The van der Waals surface area contributed by atoms with Gasteiger partial charge >= 0.3 is 0 Å². The van der Waals surface area contributed by atoms with Crippen LogP contribution in [0.25, 0.3) is 0 Å². The largest absolute Gasteiger partial charge is 0.376 e. The zero-order valence-electron chi connectivity index (χ0n) is 13.8. The molecule has 1 aromatic carbocycles. The van der Waals surface area contributed by atoms with E-state index in [1.54, 1.807) is 4.90 Å². The molecule has 0 radical (unpaired) electrons. The summed E-state index contributed by atoms with van der Waals surface area (Å²) < 4.78 is 5.49. The van der Waals surface area contributed by atoms with Crippen molar-refractivity contribution in [3.05, 3.63) is 29.8 Å². The molecule has 0 saturated carbocycles. The Kier molecular flexibility index (Phi) is 4.39. The summed E-state index contributed by atoms with van der Waals surface area (Å²) in [7, 11) is 0. The first-order valence-corrected chi connectivity index (χ1v) is 8.30. The highest BCUT2D eigenvalue weighted by atomic mass is 16.5. The van der Waals surface area contributed by atoms with Crippen molar-refractivity contribution in [2.75, 3.05) is 24.6 Å². The van der Waals surface area contributed by atoms with Crippen LogP contribution in [-0.2, 0) is 19.7 Å². The lowest BCUT2D eigenvalue weighted by Gasteiger charge is -2.20. The molecule has 0 unspecified atom stereocenters. The highest BCUT2D eigenvalue weighted by Crippen LogP contribution is 2.41. The van der Waals surface area contributed by atoms with Gasteiger partial charge in [-0.3, -0.25) is 9.59 Å². The molecule has 0 aliphatic carbocycles. The molecular weight excluding hydrogens is 292 g/mol. The van der Waals surface area contributed by atoms with Crippen molar-refractivity contribution >= 4 is 17.5 Å². The molecule has 1 N–H and O–H groups in total. The quantitative estimate of drug-likeness (QED) is 0.904. The molecule has 1 atom stereocenters. The number of ether oxygens (including phenoxy) is 1. The Bertz CT molecular complexity index is 606. The highest BCUT2D eigenvalue weighted by molar-refractivity contribution is 6.07. The van der Waals surface area contributed by atoms with Crippen molar-refractivity contribution in [2.45, 2.75) is 44.6 Å². The summed E-state index contributed by atoms with van der Waals surface area (Å²) in [5.41, 5.74) is 1.43. The van der Waals surface area contributed by atoms with Crippen LogP contribution in [0, 0.1) is 0 Å². The molecule has 0 aromatic heterocycles. The maximum Gasteiger partial charge on any atom is 0.237 e. The molecule has 23 heavy (non-hydrogen) atoms. The molecule has 3 rings (SSSR count). The molecule has 1 fully saturated rings. The molecule has 124 valence electrons. The van der Waals surface area contributed by atoms with Crippen molar-refractivity contribution in [3.8, 4) is 0 Å². The van der Waals surface area contributed by atoms with Gasteiger partial charge in [-0.25, -0.2) is 0 Å². The predicted molar refractivity (Wildman–Crippen MR) is 88.4 cm³/mol. The smallest absolute Gasteiger partial charge is 0.237 e. The van der Waals surface area contributed by atoms with Crippen molar-refractivity contribution in [1.29, 1.82) is 0 Å². The molecule has 2 aliphatic rings. The van der Waals surface area contributed by atoms with Gasteiger partial charge in [0, 0.05) is 31.8 Å². The molecule has 1 aromatic rings. The number of carbonyl (C=O) groups is 2. The van der Waals surface area contributed by atoms with Gasteiger partial charge in [-0.05, 0) is 38.3 Å². The number of carbonyl (C=O) groups excluding carboxylic acids is 2. The van der Waals surface area contributed by atoms with Crippen molar-refractivity contribution in [2.24, 2.45) is 0 Å². The number of benzene rings is 1. The van der Waals surface area contributed by atoms with Gasteiger partial charge in [0.25, 0.3) is 0 Å². The minimum Gasteiger partial charge on any atom is -0.376 e. The van der Waals surface area contributed by atoms with Crippen LogP contribution in [0.15, 0.2) is 24.3 Å². The Hall–Kier alpha value is -1.88. The molecule has 0 bridgehead atoms. The summed E-state index contributed by atoms with van der Waals surface area (Å²) >= 11 is 0. The molecule has 0 spiro atoms. The van der Waals surface area contributed by atoms with Gasteiger partial charge in [0.15, 0.2) is 0 Å². The van der Waals surface area contributed by atoms with Gasteiger partial charge in [-0.2, -0.15) is 0 Å². The second-order valence-electron chi connectivity index (χ2n) is 6.79. The molecule has 2 heterocycles. The summed E-state index contributed by atoms with van der Waals surface area (Å²) in [4.78, 5) is 26.4. The van der Waals surface area contributed by atoms with Crippen molar-refractivity contribution in [1.82, 2.24) is 5.32 Å². The summed E-state index contributed by atoms with van der Waals surface area (Å²) in [6, 6.07) is 7.82. The molecule has 2 amide bonds. The number of nitrogens with zero attached hydrogens (tertiary/aromatic N) is 1. The van der Waals surface area contributed by atoms with Crippen molar-refractivity contribution in [3.63, 3.8) is 0 Å². The molecule has 5 heteroatoms. The number of hydrogen-bond acceptors (Lipinski definition) is 3. The average Bonchev–Trinajstić information content (AvgIpc) is 3.12. The van der Waals surface area contributed by atoms with Gasteiger partial charge in [0.2, 0.25) is 11.8 Å². The topological polar surface area (TPSA) is 58.6 Å². The van der Waals surface area contributed by atoms with Crippen LogP contribution in [0.5, 0.6) is 0 Å².